The van der Waals surface area contributed by atoms with E-state index < -0.39 is 5.54 Å². The van der Waals surface area contributed by atoms with Gasteiger partial charge in [-0.3, -0.25) is 9.78 Å². The summed E-state index contributed by atoms with van der Waals surface area (Å²) < 4.78 is 0. The van der Waals surface area contributed by atoms with Gasteiger partial charge in [0.25, 0.3) is 0 Å². The second kappa shape index (κ2) is 7.90. The number of benzene rings is 1. The minimum Gasteiger partial charge on any atom is -0.371 e. The number of nitrogens with one attached hydrogen (secondary N) is 1. The number of nitrogens with zero attached hydrogens (tertiary/aromatic N) is 2. The summed E-state index contributed by atoms with van der Waals surface area (Å²) in [5, 5.41) is 3.61. The summed E-state index contributed by atoms with van der Waals surface area (Å²) in [5.41, 5.74) is 2.85. The third-order valence-corrected chi connectivity index (χ3v) is 5.64. The highest BCUT2D eigenvalue weighted by Crippen LogP contribution is 2.35. The number of anilines is 1. The van der Waals surface area contributed by atoms with Crippen LogP contribution in [0.4, 0.5) is 5.69 Å². The SMILES string of the molecule is Cc1ccc(NC2(C(=O)N(C)C(C)c3ccncc3)CCCCC2)cc1. The van der Waals surface area contributed by atoms with Gasteiger partial charge in [-0.2, -0.15) is 0 Å². The topological polar surface area (TPSA) is 45.2 Å². The molecule has 4 heteroatoms. The molecule has 0 spiro atoms. The smallest absolute Gasteiger partial charge is 0.248 e. The first-order valence-electron chi connectivity index (χ1n) is 9.54. The number of carbonyl (C=O) groups is 1. The van der Waals surface area contributed by atoms with E-state index in [-0.39, 0.29) is 11.9 Å². The number of hydrogen-bond donors (Lipinski definition) is 1. The van der Waals surface area contributed by atoms with Gasteiger partial charge in [-0.15, -0.1) is 0 Å². The fourth-order valence-electron chi connectivity index (χ4n) is 3.84. The van der Waals surface area contributed by atoms with Gasteiger partial charge in [-0.1, -0.05) is 37.0 Å². The molecule has 1 aromatic carbocycles. The van der Waals surface area contributed by atoms with Gasteiger partial charge in [0.2, 0.25) is 5.91 Å². The van der Waals surface area contributed by atoms with Crippen molar-refractivity contribution in [3.05, 3.63) is 59.9 Å². The summed E-state index contributed by atoms with van der Waals surface area (Å²) in [6.07, 6.45) is 8.70. The molecule has 0 aliphatic heterocycles. The van der Waals surface area contributed by atoms with Crippen molar-refractivity contribution in [2.45, 2.75) is 57.5 Å². The molecule has 1 aliphatic carbocycles. The molecule has 1 atom stereocenters. The van der Waals surface area contributed by atoms with E-state index in [1.54, 1.807) is 12.4 Å². The molecule has 1 heterocycles. The number of pyridine rings is 1. The maximum absolute atomic E-state index is 13.6. The molecule has 138 valence electrons. The van der Waals surface area contributed by atoms with E-state index in [1.807, 2.05) is 24.1 Å². The number of aromatic nitrogens is 1. The van der Waals surface area contributed by atoms with Crippen molar-refractivity contribution in [1.82, 2.24) is 9.88 Å². The van der Waals surface area contributed by atoms with Crippen molar-refractivity contribution in [2.75, 3.05) is 12.4 Å². The highest BCUT2D eigenvalue weighted by molar-refractivity contribution is 5.89. The Morgan fingerprint density at radius 3 is 2.31 bits per heavy atom. The lowest BCUT2D eigenvalue weighted by Crippen LogP contribution is -2.54. The summed E-state index contributed by atoms with van der Waals surface area (Å²) >= 11 is 0. The zero-order chi connectivity index (χ0) is 18.6. The minimum atomic E-state index is -0.510. The first-order valence-corrected chi connectivity index (χ1v) is 9.54. The van der Waals surface area contributed by atoms with Crippen LogP contribution in [-0.4, -0.2) is 28.4 Å². The number of rotatable bonds is 5. The molecule has 3 rings (SSSR count). The van der Waals surface area contributed by atoms with Gasteiger partial charge in [0.15, 0.2) is 0 Å². The molecule has 1 amide bonds. The molecule has 1 saturated carbocycles. The van der Waals surface area contributed by atoms with E-state index in [9.17, 15) is 4.79 Å². The Kier molecular flexibility index (Phi) is 5.60. The second-order valence-corrected chi connectivity index (χ2v) is 7.51. The van der Waals surface area contributed by atoms with E-state index >= 15 is 0 Å². The van der Waals surface area contributed by atoms with Crippen molar-refractivity contribution < 1.29 is 4.79 Å². The van der Waals surface area contributed by atoms with E-state index in [2.05, 4.69) is 48.4 Å². The number of amides is 1. The van der Waals surface area contributed by atoms with Crippen molar-refractivity contribution in [3.63, 3.8) is 0 Å². The summed E-state index contributed by atoms with van der Waals surface area (Å²) in [6, 6.07) is 12.3. The zero-order valence-corrected chi connectivity index (χ0v) is 16.0. The van der Waals surface area contributed by atoms with Crippen LogP contribution >= 0.6 is 0 Å². The van der Waals surface area contributed by atoms with Gasteiger partial charge in [0.05, 0.1) is 6.04 Å². The first-order chi connectivity index (χ1) is 12.5. The average molecular weight is 351 g/mol. The quantitative estimate of drug-likeness (QED) is 0.847. The monoisotopic (exact) mass is 351 g/mol. The Bertz CT molecular complexity index is 721. The van der Waals surface area contributed by atoms with Crippen molar-refractivity contribution >= 4 is 11.6 Å². The number of hydrogen-bond acceptors (Lipinski definition) is 3. The number of carbonyl (C=O) groups excluding carboxylic acids is 1. The average Bonchev–Trinajstić information content (AvgIpc) is 2.69. The van der Waals surface area contributed by atoms with Crippen LogP contribution in [0.1, 0.15) is 56.2 Å². The molecule has 0 radical (unpaired) electrons. The standard InChI is InChI=1S/C22H29N3O/c1-17-7-9-20(10-8-17)24-22(13-5-4-6-14-22)21(26)25(3)18(2)19-11-15-23-16-12-19/h7-12,15-16,18,24H,4-6,13-14H2,1-3H3. The normalized spacial score (nSPS) is 17.3. The first kappa shape index (κ1) is 18.4. The minimum absolute atomic E-state index is 0.0177. The predicted octanol–water partition coefficient (Wildman–Crippen LogP) is 4.72. The van der Waals surface area contributed by atoms with Crippen LogP contribution < -0.4 is 5.32 Å². The van der Waals surface area contributed by atoms with Crippen LogP contribution in [0, 0.1) is 6.92 Å². The maximum Gasteiger partial charge on any atom is 0.248 e. The van der Waals surface area contributed by atoms with Gasteiger partial charge in [-0.05, 0) is 56.5 Å². The third-order valence-electron chi connectivity index (χ3n) is 5.64. The zero-order valence-electron chi connectivity index (χ0n) is 16.0. The van der Waals surface area contributed by atoms with Crippen molar-refractivity contribution in [3.8, 4) is 0 Å². The summed E-state index contributed by atoms with van der Waals surface area (Å²) in [4.78, 5) is 19.5. The lowest BCUT2D eigenvalue weighted by molar-refractivity contribution is -0.137. The molecular formula is C22H29N3O. The number of aryl methyl sites for hydroxylation is 1. The molecule has 26 heavy (non-hydrogen) atoms. The van der Waals surface area contributed by atoms with Crippen LogP contribution in [0.15, 0.2) is 48.8 Å². The Morgan fingerprint density at radius 2 is 1.69 bits per heavy atom. The molecule has 1 unspecified atom stereocenters. The maximum atomic E-state index is 13.6. The van der Waals surface area contributed by atoms with Crippen LogP contribution in [0.3, 0.4) is 0 Å². The van der Waals surface area contributed by atoms with Crippen LogP contribution in [-0.2, 0) is 4.79 Å². The lowest BCUT2D eigenvalue weighted by atomic mass is 9.80. The molecular weight excluding hydrogens is 322 g/mol. The van der Waals surface area contributed by atoms with Crippen LogP contribution in [0.2, 0.25) is 0 Å². The number of likely N-dealkylation sites (N-methyl/N-ethyl adjacent to an activating group) is 1. The van der Waals surface area contributed by atoms with Gasteiger partial charge < -0.3 is 10.2 Å². The van der Waals surface area contributed by atoms with Crippen molar-refractivity contribution in [2.24, 2.45) is 0 Å². The third kappa shape index (κ3) is 3.90. The predicted molar refractivity (Wildman–Crippen MR) is 106 cm³/mol. The van der Waals surface area contributed by atoms with E-state index in [1.165, 1.54) is 12.0 Å². The molecule has 1 N–H and O–H groups in total. The van der Waals surface area contributed by atoms with E-state index in [4.69, 9.17) is 0 Å². The van der Waals surface area contributed by atoms with Gasteiger partial charge >= 0.3 is 0 Å². The second-order valence-electron chi connectivity index (χ2n) is 7.51. The molecule has 4 nitrogen and oxygen atoms in total. The van der Waals surface area contributed by atoms with E-state index in [0.717, 1.165) is 36.9 Å². The Labute approximate surface area is 156 Å². The fourth-order valence-corrected chi connectivity index (χ4v) is 3.84. The molecule has 1 fully saturated rings. The Hall–Kier alpha value is -2.36. The lowest BCUT2D eigenvalue weighted by Gasteiger charge is -2.41. The highest BCUT2D eigenvalue weighted by atomic mass is 16.2. The molecule has 1 aromatic heterocycles. The largest absolute Gasteiger partial charge is 0.371 e. The molecule has 1 aliphatic rings. The molecule has 0 saturated heterocycles. The molecule has 2 aromatic rings. The highest BCUT2D eigenvalue weighted by Gasteiger charge is 2.42. The van der Waals surface area contributed by atoms with E-state index in [0.29, 0.717) is 0 Å². The summed E-state index contributed by atoms with van der Waals surface area (Å²) in [6.45, 7) is 4.16. The van der Waals surface area contributed by atoms with Gasteiger partial charge in [-0.25, -0.2) is 0 Å². The summed E-state index contributed by atoms with van der Waals surface area (Å²) in [5.74, 6) is 0.182. The summed E-state index contributed by atoms with van der Waals surface area (Å²) in [7, 11) is 1.92. The fraction of sp³-hybridized carbons (Fsp3) is 0.455. The Balaban J connectivity index is 1.84. The van der Waals surface area contributed by atoms with Gasteiger partial charge in [0.1, 0.15) is 5.54 Å². The van der Waals surface area contributed by atoms with Crippen molar-refractivity contribution in [1.29, 1.82) is 0 Å². The van der Waals surface area contributed by atoms with Crippen LogP contribution in [0.5, 0.6) is 0 Å². The Morgan fingerprint density at radius 1 is 1.08 bits per heavy atom. The molecule has 0 bridgehead atoms. The van der Waals surface area contributed by atoms with Gasteiger partial charge in [0, 0.05) is 25.1 Å². The van der Waals surface area contributed by atoms with Crippen LogP contribution in [0.25, 0.3) is 0 Å².